The molecule has 116 valence electrons. The third-order valence-electron chi connectivity index (χ3n) is 3.91. The zero-order valence-corrected chi connectivity index (χ0v) is 13.9. The van der Waals surface area contributed by atoms with Crippen LogP contribution in [0.5, 0.6) is 0 Å². The van der Waals surface area contributed by atoms with E-state index in [0.717, 1.165) is 37.5 Å². The van der Waals surface area contributed by atoms with Crippen molar-refractivity contribution >= 4 is 17.5 Å². The van der Waals surface area contributed by atoms with Crippen molar-refractivity contribution in [1.29, 1.82) is 0 Å². The van der Waals surface area contributed by atoms with E-state index in [1.807, 2.05) is 43.9 Å². The number of rotatable bonds is 3. The van der Waals surface area contributed by atoms with Gasteiger partial charge in [-0.2, -0.15) is 0 Å². The number of halogens is 1. The average molecular weight is 309 g/mol. The molecule has 1 N–H and O–H groups in total. The fourth-order valence-corrected chi connectivity index (χ4v) is 2.88. The summed E-state index contributed by atoms with van der Waals surface area (Å²) >= 11 is 5.99. The highest BCUT2D eigenvalue weighted by Crippen LogP contribution is 2.21. The van der Waals surface area contributed by atoms with Gasteiger partial charge >= 0.3 is 0 Å². The second kappa shape index (κ2) is 6.80. The number of hydrogen-bond acceptors (Lipinski definition) is 2. The molecule has 0 saturated carbocycles. The fraction of sp³-hybridized carbons (Fsp3) is 0.588. The van der Waals surface area contributed by atoms with Crippen molar-refractivity contribution in [3.8, 4) is 0 Å². The molecule has 0 radical (unpaired) electrons. The second-order valence-electron chi connectivity index (χ2n) is 6.83. The molecule has 0 spiro atoms. The summed E-state index contributed by atoms with van der Waals surface area (Å²) in [6, 6.07) is 8.42. The van der Waals surface area contributed by atoms with E-state index >= 15 is 0 Å². The number of nitrogens with zero attached hydrogens (tertiary/aromatic N) is 1. The highest BCUT2D eigenvalue weighted by molar-refractivity contribution is 6.30. The summed E-state index contributed by atoms with van der Waals surface area (Å²) in [5.74, 6) is 0.260. The summed E-state index contributed by atoms with van der Waals surface area (Å²) < 4.78 is 0. The molecule has 0 bridgehead atoms. The van der Waals surface area contributed by atoms with E-state index in [4.69, 9.17) is 11.6 Å². The van der Waals surface area contributed by atoms with E-state index in [1.54, 1.807) is 0 Å². The lowest BCUT2D eigenvalue weighted by Gasteiger charge is -2.36. The summed E-state index contributed by atoms with van der Waals surface area (Å²) in [5, 5.41) is 4.34. The molecule has 1 amide bonds. The molecule has 0 atom stereocenters. The van der Waals surface area contributed by atoms with Crippen LogP contribution in [0.3, 0.4) is 0 Å². The Labute approximate surface area is 132 Å². The van der Waals surface area contributed by atoms with Gasteiger partial charge in [-0.15, -0.1) is 0 Å². The zero-order chi connectivity index (χ0) is 15.5. The Morgan fingerprint density at radius 1 is 1.33 bits per heavy atom. The first-order valence-corrected chi connectivity index (χ1v) is 8.01. The van der Waals surface area contributed by atoms with Crippen molar-refractivity contribution in [3.05, 3.63) is 34.9 Å². The Hall–Kier alpha value is -1.06. The molecular formula is C17H25ClN2O. The summed E-state index contributed by atoms with van der Waals surface area (Å²) in [6.07, 6.45) is 2.03. The van der Waals surface area contributed by atoms with Gasteiger partial charge in [0.15, 0.2) is 0 Å². The Morgan fingerprint density at radius 3 is 2.57 bits per heavy atom. The Morgan fingerprint density at radius 2 is 2.00 bits per heavy atom. The summed E-state index contributed by atoms with van der Waals surface area (Å²) in [5.41, 5.74) is 0.928. The molecule has 1 fully saturated rings. The minimum absolute atomic E-state index is 0.260. The molecule has 0 aliphatic carbocycles. The molecule has 0 unspecified atom stereocenters. The molecular weight excluding hydrogens is 284 g/mol. The van der Waals surface area contributed by atoms with E-state index < -0.39 is 0 Å². The maximum atomic E-state index is 12.2. The van der Waals surface area contributed by atoms with Crippen LogP contribution in [0.15, 0.2) is 24.3 Å². The molecule has 1 heterocycles. The lowest BCUT2D eigenvalue weighted by atomic mass is 9.93. The number of amides is 1. The van der Waals surface area contributed by atoms with Gasteiger partial charge in [-0.3, -0.25) is 4.79 Å². The van der Waals surface area contributed by atoms with Crippen LogP contribution in [0.25, 0.3) is 0 Å². The minimum atomic E-state index is -0.277. The van der Waals surface area contributed by atoms with Gasteiger partial charge in [0.1, 0.15) is 0 Å². The lowest BCUT2D eigenvalue weighted by molar-refractivity contribution is -0.140. The van der Waals surface area contributed by atoms with Crippen LogP contribution in [-0.2, 0) is 11.3 Å². The number of likely N-dealkylation sites (tertiary alicyclic amines) is 1. The van der Waals surface area contributed by atoms with Gasteiger partial charge in [-0.05, 0) is 30.5 Å². The molecule has 4 heteroatoms. The number of benzene rings is 1. The van der Waals surface area contributed by atoms with Crippen molar-refractivity contribution in [2.45, 2.75) is 46.2 Å². The first-order valence-electron chi connectivity index (χ1n) is 7.63. The Bertz CT molecular complexity index is 488. The molecule has 1 aromatic carbocycles. The van der Waals surface area contributed by atoms with Crippen molar-refractivity contribution in [2.24, 2.45) is 5.41 Å². The maximum Gasteiger partial charge on any atom is 0.227 e. The molecule has 1 aliphatic rings. The third-order valence-corrected chi connectivity index (χ3v) is 4.14. The highest BCUT2D eigenvalue weighted by atomic mass is 35.5. The highest BCUT2D eigenvalue weighted by Gasteiger charge is 2.30. The van der Waals surface area contributed by atoms with Gasteiger partial charge in [0, 0.05) is 36.1 Å². The number of hydrogen-bond donors (Lipinski definition) is 1. The van der Waals surface area contributed by atoms with Crippen molar-refractivity contribution in [1.82, 2.24) is 10.2 Å². The second-order valence-corrected chi connectivity index (χ2v) is 7.26. The van der Waals surface area contributed by atoms with Gasteiger partial charge in [0.25, 0.3) is 0 Å². The molecule has 0 aromatic heterocycles. The van der Waals surface area contributed by atoms with Crippen molar-refractivity contribution in [3.63, 3.8) is 0 Å². The van der Waals surface area contributed by atoms with Gasteiger partial charge < -0.3 is 10.2 Å². The largest absolute Gasteiger partial charge is 0.342 e. The molecule has 21 heavy (non-hydrogen) atoms. The SMILES string of the molecule is CC(C)(C)C(=O)N1CCC(NCc2cccc(Cl)c2)CC1. The van der Waals surface area contributed by atoms with Crippen LogP contribution in [0.2, 0.25) is 5.02 Å². The van der Waals surface area contributed by atoms with Gasteiger partial charge in [0.2, 0.25) is 5.91 Å². The summed E-state index contributed by atoms with van der Waals surface area (Å²) in [4.78, 5) is 14.2. The van der Waals surface area contributed by atoms with Crippen molar-refractivity contribution < 1.29 is 4.79 Å². The predicted octanol–water partition coefficient (Wildman–Crippen LogP) is 3.47. The number of carbonyl (C=O) groups is 1. The fourth-order valence-electron chi connectivity index (χ4n) is 2.67. The number of nitrogens with one attached hydrogen (secondary N) is 1. The van der Waals surface area contributed by atoms with Crippen molar-refractivity contribution in [2.75, 3.05) is 13.1 Å². The van der Waals surface area contributed by atoms with Crippen LogP contribution >= 0.6 is 11.6 Å². The van der Waals surface area contributed by atoms with Crippen LogP contribution in [0.4, 0.5) is 0 Å². The van der Waals surface area contributed by atoms with Gasteiger partial charge in [-0.1, -0.05) is 44.5 Å². The minimum Gasteiger partial charge on any atom is -0.342 e. The van der Waals surface area contributed by atoms with Gasteiger partial charge in [0.05, 0.1) is 0 Å². The average Bonchev–Trinajstić information content (AvgIpc) is 2.44. The van der Waals surface area contributed by atoms with E-state index in [-0.39, 0.29) is 11.3 Å². The molecule has 1 aromatic rings. The summed E-state index contributed by atoms with van der Waals surface area (Å²) in [7, 11) is 0. The number of piperidine rings is 1. The normalized spacial score (nSPS) is 17.0. The van der Waals surface area contributed by atoms with E-state index in [2.05, 4.69) is 11.4 Å². The first kappa shape index (κ1) is 16.3. The lowest BCUT2D eigenvalue weighted by Crippen LogP contribution is -2.48. The van der Waals surface area contributed by atoms with Gasteiger partial charge in [-0.25, -0.2) is 0 Å². The number of carbonyl (C=O) groups excluding carboxylic acids is 1. The van der Waals surface area contributed by atoms with Crippen LogP contribution in [-0.4, -0.2) is 29.9 Å². The first-order chi connectivity index (χ1) is 9.86. The van der Waals surface area contributed by atoms with Crippen LogP contribution in [0, 0.1) is 5.41 Å². The molecule has 3 nitrogen and oxygen atoms in total. The van der Waals surface area contributed by atoms with Crippen LogP contribution < -0.4 is 5.32 Å². The monoisotopic (exact) mass is 308 g/mol. The molecule has 2 rings (SSSR count). The maximum absolute atomic E-state index is 12.2. The molecule has 1 aliphatic heterocycles. The Balaban J connectivity index is 1.78. The summed E-state index contributed by atoms with van der Waals surface area (Å²) in [6.45, 7) is 8.49. The third kappa shape index (κ3) is 4.72. The zero-order valence-electron chi connectivity index (χ0n) is 13.2. The standard InChI is InChI=1S/C17H25ClN2O/c1-17(2,3)16(21)20-9-7-15(8-10-20)19-12-13-5-4-6-14(18)11-13/h4-6,11,15,19H,7-10,12H2,1-3H3. The quantitative estimate of drug-likeness (QED) is 0.927. The molecule has 1 saturated heterocycles. The smallest absolute Gasteiger partial charge is 0.227 e. The topological polar surface area (TPSA) is 32.3 Å². The Kier molecular flexibility index (Phi) is 5.28. The van der Waals surface area contributed by atoms with E-state index in [9.17, 15) is 4.79 Å². The van der Waals surface area contributed by atoms with E-state index in [0.29, 0.717) is 6.04 Å². The predicted molar refractivity (Wildman–Crippen MR) is 87.3 cm³/mol. The van der Waals surface area contributed by atoms with Crippen LogP contribution in [0.1, 0.15) is 39.2 Å². The van der Waals surface area contributed by atoms with E-state index in [1.165, 1.54) is 5.56 Å².